The molecule has 5 rings (SSSR count). The molecule has 0 aromatic heterocycles. The molecule has 114 valence electrons. The fraction of sp³-hybridized carbons (Fsp3) is 0.684. The van der Waals surface area contributed by atoms with E-state index >= 15 is 0 Å². The monoisotopic (exact) mass is 285 g/mol. The molecule has 1 N–H and O–H groups in total. The summed E-state index contributed by atoms with van der Waals surface area (Å²) in [5, 5.41) is 3.79. The lowest BCUT2D eigenvalue weighted by Gasteiger charge is -2.59. The van der Waals surface area contributed by atoms with Gasteiger partial charge in [-0.1, -0.05) is 6.07 Å². The predicted octanol–water partition coefficient (Wildman–Crippen LogP) is 4.71. The maximum atomic E-state index is 5.35. The zero-order chi connectivity index (χ0) is 14.4. The first kappa shape index (κ1) is 13.5. The van der Waals surface area contributed by atoms with Gasteiger partial charge in [0.25, 0.3) is 0 Å². The van der Waals surface area contributed by atoms with E-state index in [9.17, 15) is 0 Å². The molecule has 0 spiro atoms. The van der Waals surface area contributed by atoms with Gasteiger partial charge in [0.2, 0.25) is 0 Å². The van der Waals surface area contributed by atoms with Crippen molar-refractivity contribution in [2.24, 2.45) is 23.2 Å². The van der Waals surface area contributed by atoms with Crippen molar-refractivity contribution in [3.63, 3.8) is 0 Å². The van der Waals surface area contributed by atoms with Crippen LogP contribution in [0, 0.1) is 23.2 Å². The first-order valence-electron chi connectivity index (χ1n) is 8.57. The highest BCUT2D eigenvalue weighted by molar-refractivity contribution is 5.49. The maximum absolute atomic E-state index is 5.35. The summed E-state index contributed by atoms with van der Waals surface area (Å²) in [6, 6.07) is 8.95. The van der Waals surface area contributed by atoms with Gasteiger partial charge in [-0.3, -0.25) is 0 Å². The van der Waals surface area contributed by atoms with Crippen molar-refractivity contribution < 1.29 is 4.74 Å². The summed E-state index contributed by atoms with van der Waals surface area (Å²) in [5.41, 5.74) is 1.76. The Balaban J connectivity index is 1.53. The van der Waals surface area contributed by atoms with E-state index in [1.807, 2.05) is 6.07 Å². The highest BCUT2D eigenvalue weighted by atomic mass is 16.5. The van der Waals surface area contributed by atoms with Crippen LogP contribution in [0.25, 0.3) is 0 Å². The summed E-state index contributed by atoms with van der Waals surface area (Å²) < 4.78 is 5.35. The molecule has 0 aliphatic heterocycles. The Kier molecular flexibility index (Phi) is 3.16. The minimum Gasteiger partial charge on any atom is -0.497 e. The summed E-state index contributed by atoms with van der Waals surface area (Å²) in [7, 11) is 1.74. The average molecular weight is 285 g/mol. The van der Waals surface area contributed by atoms with Crippen molar-refractivity contribution >= 4 is 5.69 Å². The Labute approximate surface area is 128 Å². The van der Waals surface area contributed by atoms with Gasteiger partial charge in [0.15, 0.2) is 0 Å². The van der Waals surface area contributed by atoms with Gasteiger partial charge in [-0.05, 0) is 80.8 Å². The molecule has 0 saturated heterocycles. The largest absolute Gasteiger partial charge is 0.497 e. The number of rotatable bonds is 4. The molecule has 0 heterocycles. The third-order valence-corrected chi connectivity index (χ3v) is 6.46. The summed E-state index contributed by atoms with van der Waals surface area (Å²) in [6.07, 6.45) is 8.92. The topological polar surface area (TPSA) is 21.3 Å². The van der Waals surface area contributed by atoms with E-state index < -0.39 is 0 Å². The molecule has 1 aromatic rings. The standard InChI is InChI=1S/C19H27NO/c1-13(20-17-4-3-5-18(9-17)21-2)19-10-14-6-15(11-19)8-16(7-14)12-19/h3-5,9,13-16,20H,6-8,10-12H2,1-2H3. The van der Waals surface area contributed by atoms with Gasteiger partial charge in [-0.15, -0.1) is 0 Å². The summed E-state index contributed by atoms with van der Waals surface area (Å²) in [5.74, 6) is 4.00. The van der Waals surface area contributed by atoms with E-state index in [1.54, 1.807) is 7.11 Å². The minimum absolute atomic E-state index is 0.553. The van der Waals surface area contributed by atoms with Gasteiger partial charge in [0.05, 0.1) is 7.11 Å². The van der Waals surface area contributed by atoms with Crippen molar-refractivity contribution in [1.29, 1.82) is 0 Å². The van der Waals surface area contributed by atoms with E-state index in [0.717, 1.165) is 23.5 Å². The molecule has 4 aliphatic rings. The van der Waals surface area contributed by atoms with Crippen LogP contribution in [0.2, 0.25) is 0 Å². The van der Waals surface area contributed by atoms with E-state index in [2.05, 4.69) is 30.4 Å². The van der Waals surface area contributed by atoms with E-state index in [-0.39, 0.29) is 0 Å². The summed E-state index contributed by atoms with van der Waals surface area (Å²) >= 11 is 0. The van der Waals surface area contributed by atoms with Crippen LogP contribution >= 0.6 is 0 Å². The van der Waals surface area contributed by atoms with Gasteiger partial charge in [0, 0.05) is 17.8 Å². The summed E-state index contributed by atoms with van der Waals surface area (Å²) in [4.78, 5) is 0. The molecule has 1 unspecified atom stereocenters. The smallest absolute Gasteiger partial charge is 0.120 e. The molecule has 0 radical (unpaired) electrons. The number of methoxy groups -OCH3 is 1. The summed E-state index contributed by atoms with van der Waals surface area (Å²) in [6.45, 7) is 2.41. The Hall–Kier alpha value is -1.18. The van der Waals surface area contributed by atoms with Crippen LogP contribution in [-0.2, 0) is 0 Å². The van der Waals surface area contributed by atoms with Crippen molar-refractivity contribution in [2.45, 2.75) is 51.5 Å². The lowest BCUT2D eigenvalue weighted by atomic mass is 9.48. The lowest BCUT2D eigenvalue weighted by molar-refractivity contribution is -0.0602. The van der Waals surface area contributed by atoms with Crippen molar-refractivity contribution in [3.05, 3.63) is 24.3 Å². The van der Waals surface area contributed by atoms with E-state index in [1.165, 1.54) is 44.2 Å². The SMILES string of the molecule is COc1cccc(NC(C)C23CC4CC(CC(C4)C2)C3)c1. The molecule has 1 aromatic carbocycles. The second-order valence-corrected chi connectivity index (χ2v) is 7.88. The quantitative estimate of drug-likeness (QED) is 0.865. The number of ether oxygens (including phenoxy) is 1. The van der Waals surface area contributed by atoms with Gasteiger partial charge in [-0.2, -0.15) is 0 Å². The van der Waals surface area contributed by atoms with E-state index in [4.69, 9.17) is 4.74 Å². The van der Waals surface area contributed by atoms with Crippen molar-refractivity contribution in [1.82, 2.24) is 0 Å². The Morgan fingerprint density at radius 1 is 1.10 bits per heavy atom. The van der Waals surface area contributed by atoms with Crippen LogP contribution < -0.4 is 10.1 Å². The van der Waals surface area contributed by atoms with Gasteiger partial charge < -0.3 is 10.1 Å². The highest BCUT2D eigenvalue weighted by Gasteiger charge is 2.53. The maximum Gasteiger partial charge on any atom is 0.120 e. The highest BCUT2D eigenvalue weighted by Crippen LogP contribution is 2.61. The number of benzene rings is 1. The van der Waals surface area contributed by atoms with Crippen LogP contribution in [0.4, 0.5) is 5.69 Å². The molecule has 4 saturated carbocycles. The van der Waals surface area contributed by atoms with Gasteiger partial charge >= 0.3 is 0 Å². The average Bonchev–Trinajstić information content (AvgIpc) is 2.46. The van der Waals surface area contributed by atoms with Gasteiger partial charge in [-0.25, -0.2) is 0 Å². The second-order valence-electron chi connectivity index (χ2n) is 7.88. The predicted molar refractivity (Wildman–Crippen MR) is 86.7 cm³/mol. The van der Waals surface area contributed by atoms with Gasteiger partial charge in [0.1, 0.15) is 5.75 Å². The van der Waals surface area contributed by atoms with Crippen LogP contribution in [0.3, 0.4) is 0 Å². The zero-order valence-electron chi connectivity index (χ0n) is 13.3. The third kappa shape index (κ3) is 2.33. The van der Waals surface area contributed by atoms with Crippen LogP contribution in [0.5, 0.6) is 5.75 Å². The van der Waals surface area contributed by atoms with Crippen LogP contribution in [-0.4, -0.2) is 13.2 Å². The number of anilines is 1. The van der Waals surface area contributed by atoms with E-state index in [0.29, 0.717) is 11.5 Å². The first-order valence-corrected chi connectivity index (χ1v) is 8.57. The second kappa shape index (κ2) is 4.93. The zero-order valence-corrected chi connectivity index (χ0v) is 13.3. The molecule has 4 fully saturated rings. The van der Waals surface area contributed by atoms with Crippen LogP contribution in [0.15, 0.2) is 24.3 Å². The molecular weight excluding hydrogens is 258 g/mol. The minimum atomic E-state index is 0.553. The molecular formula is C19H27NO. The first-order chi connectivity index (χ1) is 10.2. The molecule has 21 heavy (non-hydrogen) atoms. The Bertz CT molecular complexity index is 489. The fourth-order valence-corrected chi connectivity index (χ4v) is 5.82. The fourth-order valence-electron chi connectivity index (χ4n) is 5.82. The molecule has 0 amide bonds. The number of nitrogens with one attached hydrogen (secondary N) is 1. The Morgan fingerprint density at radius 2 is 1.71 bits per heavy atom. The van der Waals surface area contributed by atoms with Crippen LogP contribution in [0.1, 0.15) is 45.4 Å². The van der Waals surface area contributed by atoms with Crippen molar-refractivity contribution in [3.8, 4) is 5.75 Å². The third-order valence-electron chi connectivity index (χ3n) is 6.46. The molecule has 4 bridgehead atoms. The molecule has 2 heteroatoms. The molecule has 1 atom stereocenters. The number of hydrogen-bond acceptors (Lipinski definition) is 2. The lowest BCUT2D eigenvalue weighted by Crippen LogP contribution is -2.52. The molecule has 4 aliphatic carbocycles. The normalized spacial score (nSPS) is 38.3. The van der Waals surface area contributed by atoms with Crippen molar-refractivity contribution in [2.75, 3.05) is 12.4 Å². The molecule has 2 nitrogen and oxygen atoms in total. The Morgan fingerprint density at radius 3 is 2.29 bits per heavy atom. The number of hydrogen-bond donors (Lipinski definition) is 1.